The van der Waals surface area contributed by atoms with Crippen LogP contribution in [0.25, 0.3) is 0 Å². The van der Waals surface area contributed by atoms with E-state index in [1.54, 1.807) is 10.9 Å². The standard InChI is InChI=1S/C14H25BrN4O/c1-11(2)16-7-5-6-13(20)14-12(15)10-17-19(14)9-8-18(3)4/h10-11,16H,5-9H2,1-4H3. The number of halogens is 1. The van der Waals surface area contributed by atoms with Gasteiger partial charge in [0.05, 0.1) is 17.2 Å². The molecular weight excluding hydrogens is 320 g/mol. The summed E-state index contributed by atoms with van der Waals surface area (Å²) in [6, 6.07) is 0.461. The van der Waals surface area contributed by atoms with Crippen LogP contribution in [0, 0.1) is 0 Å². The minimum atomic E-state index is 0.152. The van der Waals surface area contributed by atoms with Crippen LogP contribution in [-0.4, -0.2) is 53.7 Å². The van der Waals surface area contributed by atoms with Crippen LogP contribution in [0.3, 0.4) is 0 Å². The molecule has 0 fully saturated rings. The van der Waals surface area contributed by atoms with Gasteiger partial charge in [-0.1, -0.05) is 13.8 Å². The molecule has 0 aliphatic carbocycles. The summed E-state index contributed by atoms with van der Waals surface area (Å²) in [4.78, 5) is 14.4. The van der Waals surface area contributed by atoms with Crippen molar-refractivity contribution in [1.82, 2.24) is 20.0 Å². The second-order valence-corrected chi connectivity index (χ2v) is 6.36. The lowest BCUT2D eigenvalue weighted by molar-refractivity contribution is 0.0967. The third-order valence-electron chi connectivity index (χ3n) is 2.95. The average Bonchev–Trinajstić information content (AvgIpc) is 2.73. The van der Waals surface area contributed by atoms with E-state index in [-0.39, 0.29) is 5.78 Å². The number of hydrogen-bond donors (Lipinski definition) is 1. The van der Waals surface area contributed by atoms with Crippen molar-refractivity contribution in [2.24, 2.45) is 0 Å². The van der Waals surface area contributed by atoms with E-state index in [0.717, 1.165) is 30.5 Å². The monoisotopic (exact) mass is 344 g/mol. The highest BCUT2D eigenvalue weighted by Crippen LogP contribution is 2.18. The molecule has 6 heteroatoms. The second kappa shape index (κ2) is 8.54. The Morgan fingerprint density at radius 1 is 1.50 bits per heavy atom. The Labute approximate surface area is 129 Å². The van der Waals surface area contributed by atoms with Gasteiger partial charge >= 0.3 is 0 Å². The lowest BCUT2D eigenvalue weighted by Crippen LogP contribution is -2.24. The van der Waals surface area contributed by atoms with Gasteiger partial charge in [0.2, 0.25) is 0 Å². The summed E-state index contributed by atoms with van der Waals surface area (Å²) < 4.78 is 2.58. The van der Waals surface area contributed by atoms with Gasteiger partial charge in [-0.05, 0) is 43.0 Å². The molecule has 1 aromatic rings. The maximum absolute atomic E-state index is 12.3. The fourth-order valence-corrected chi connectivity index (χ4v) is 2.38. The van der Waals surface area contributed by atoms with Gasteiger partial charge in [0.15, 0.2) is 5.78 Å². The number of ketones is 1. The molecule has 0 saturated carbocycles. The largest absolute Gasteiger partial charge is 0.315 e. The zero-order chi connectivity index (χ0) is 15.1. The highest BCUT2D eigenvalue weighted by atomic mass is 79.9. The van der Waals surface area contributed by atoms with Crippen LogP contribution in [0.1, 0.15) is 37.2 Å². The van der Waals surface area contributed by atoms with Crippen molar-refractivity contribution >= 4 is 21.7 Å². The number of carbonyl (C=O) groups is 1. The van der Waals surface area contributed by atoms with E-state index >= 15 is 0 Å². The van der Waals surface area contributed by atoms with Crippen molar-refractivity contribution in [1.29, 1.82) is 0 Å². The van der Waals surface area contributed by atoms with Crippen LogP contribution in [0.5, 0.6) is 0 Å². The molecule has 114 valence electrons. The number of Topliss-reactive ketones (excluding diaryl/α,β-unsaturated/α-hetero) is 1. The number of hydrogen-bond acceptors (Lipinski definition) is 4. The van der Waals surface area contributed by atoms with Crippen LogP contribution in [0.15, 0.2) is 10.7 Å². The van der Waals surface area contributed by atoms with Crippen LogP contribution >= 0.6 is 15.9 Å². The first kappa shape index (κ1) is 17.3. The summed E-state index contributed by atoms with van der Waals surface area (Å²) in [7, 11) is 4.02. The maximum Gasteiger partial charge on any atom is 0.182 e. The van der Waals surface area contributed by atoms with Crippen molar-refractivity contribution in [3.63, 3.8) is 0 Å². The third kappa shape index (κ3) is 5.73. The van der Waals surface area contributed by atoms with Crippen LogP contribution in [-0.2, 0) is 6.54 Å². The van der Waals surface area contributed by atoms with Crippen molar-refractivity contribution < 1.29 is 4.79 Å². The van der Waals surface area contributed by atoms with Gasteiger partial charge in [0, 0.05) is 19.0 Å². The first-order chi connectivity index (χ1) is 9.41. The molecule has 0 aliphatic rings. The van der Waals surface area contributed by atoms with Crippen molar-refractivity contribution in [2.45, 2.75) is 39.3 Å². The molecule has 20 heavy (non-hydrogen) atoms. The second-order valence-electron chi connectivity index (χ2n) is 5.50. The van der Waals surface area contributed by atoms with Gasteiger partial charge in [0.25, 0.3) is 0 Å². The predicted molar refractivity (Wildman–Crippen MR) is 85.2 cm³/mol. The summed E-state index contributed by atoms with van der Waals surface area (Å²) in [6.07, 6.45) is 3.10. The molecule has 0 unspecified atom stereocenters. The predicted octanol–water partition coefficient (Wildman–Crippen LogP) is 2.17. The smallest absolute Gasteiger partial charge is 0.182 e. The van der Waals surface area contributed by atoms with E-state index in [0.29, 0.717) is 18.2 Å². The van der Waals surface area contributed by atoms with Gasteiger partial charge in [0.1, 0.15) is 5.69 Å². The molecule has 0 amide bonds. The molecule has 0 aliphatic heterocycles. The Hall–Kier alpha value is -0.720. The zero-order valence-corrected chi connectivity index (χ0v) is 14.4. The fraction of sp³-hybridized carbons (Fsp3) is 0.714. The molecular formula is C14H25BrN4O. The molecule has 0 aromatic carbocycles. The van der Waals surface area contributed by atoms with Gasteiger partial charge in [-0.2, -0.15) is 5.10 Å². The first-order valence-corrected chi connectivity index (χ1v) is 7.83. The summed E-state index contributed by atoms with van der Waals surface area (Å²) >= 11 is 3.42. The van der Waals surface area contributed by atoms with Gasteiger partial charge in [-0.15, -0.1) is 0 Å². The molecule has 0 saturated heterocycles. The van der Waals surface area contributed by atoms with E-state index in [4.69, 9.17) is 0 Å². The fourth-order valence-electron chi connectivity index (χ4n) is 1.86. The Morgan fingerprint density at radius 3 is 2.80 bits per heavy atom. The highest BCUT2D eigenvalue weighted by Gasteiger charge is 2.16. The molecule has 1 heterocycles. The summed E-state index contributed by atoms with van der Waals surface area (Å²) in [5.74, 6) is 0.152. The van der Waals surface area contributed by atoms with Crippen molar-refractivity contribution in [2.75, 3.05) is 27.2 Å². The Bertz CT molecular complexity index is 429. The number of nitrogens with zero attached hydrogens (tertiary/aromatic N) is 3. The quantitative estimate of drug-likeness (QED) is 0.551. The molecule has 0 radical (unpaired) electrons. The van der Waals surface area contributed by atoms with Crippen LogP contribution in [0.2, 0.25) is 0 Å². The maximum atomic E-state index is 12.3. The molecule has 1 aromatic heterocycles. The normalized spacial score (nSPS) is 11.6. The number of aromatic nitrogens is 2. The molecule has 0 bridgehead atoms. The average molecular weight is 345 g/mol. The number of nitrogens with one attached hydrogen (secondary N) is 1. The van der Waals surface area contributed by atoms with Crippen molar-refractivity contribution in [3.8, 4) is 0 Å². The Kier molecular flexibility index (Phi) is 7.40. The number of rotatable bonds is 9. The highest BCUT2D eigenvalue weighted by molar-refractivity contribution is 9.10. The Morgan fingerprint density at radius 2 is 2.20 bits per heavy atom. The summed E-state index contributed by atoms with van der Waals surface area (Å²) in [5.41, 5.74) is 0.691. The SMILES string of the molecule is CC(C)NCCCC(=O)c1c(Br)cnn1CCN(C)C. The summed E-state index contributed by atoms with van der Waals surface area (Å²) in [5, 5.41) is 7.59. The van der Waals surface area contributed by atoms with E-state index in [2.05, 4.69) is 45.1 Å². The molecule has 0 spiro atoms. The van der Waals surface area contributed by atoms with E-state index < -0.39 is 0 Å². The minimum Gasteiger partial charge on any atom is -0.315 e. The van der Waals surface area contributed by atoms with Crippen molar-refractivity contribution in [3.05, 3.63) is 16.4 Å². The Balaban J connectivity index is 2.55. The lowest BCUT2D eigenvalue weighted by atomic mass is 10.1. The number of likely N-dealkylation sites (N-methyl/N-ethyl adjacent to an activating group) is 1. The van der Waals surface area contributed by atoms with E-state index in [9.17, 15) is 4.79 Å². The summed E-state index contributed by atoms with van der Waals surface area (Å²) in [6.45, 7) is 6.67. The van der Waals surface area contributed by atoms with Gasteiger partial charge in [-0.3, -0.25) is 9.48 Å². The van der Waals surface area contributed by atoms with Gasteiger partial charge in [-0.25, -0.2) is 0 Å². The first-order valence-electron chi connectivity index (χ1n) is 7.04. The molecule has 1 rings (SSSR count). The minimum absolute atomic E-state index is 0.152. The number of carbonyl (C=O) groups excluding carboxylic acids is 1. The van der Waals surface area contributed by atoms with Gasteiger partial charge < -0.3 is 10.2 Å². The topological polar surface area (TPSA) is 50.2 Å². The zero-order valence-electron chi connectivity index (χ0n) is 12.8. The molecule has 0 atom stereocenters. The van der Waals surface area contributed by atoms with E-state index in [1.807, 2.05) is 14.1 Å². The lowest BCUT2D eigenvalue weighted by Gasteiger charge is -2.12. The molecule has 1 N–H and O–H groups in total. The molecule has 5 nitrogen and oxygen atoms in total. The van der Waals surface area contributed by atoms with Crippen LogP contribution in [0.4, 0.5) is 0 Å². The van der Waals surface area contributed by atoms with Crippen LogP contribution < -0.4 is 5.32 Å². The van der Waals surface area contributed by atoms with E-state index in [1.165, 1.54) is 0 Å². The third-order valence-corrected chi connectivity index (χ3v) is 3.53.